The van der Waals surface area contributed by atoms with Crippen LogP contribution in [-0.4, -0.2) is 12.7 Å². The summed E-state index contributed by atoms with van der Waals surface area (Å²) in [6.45, 7) is 1.90. The van der Waals surface area contributed by atoms with Crippen LogP contribution in [-0.2, 0) is 6.42 Å². The van der Waals surface area contributed by atoms with Gasteiger partial charge >= 0.3 is 6.11 Å². The van der Waals surface area contributed by atoms with Crippen LogP contribution in [0.2, 0.25) is 0 Å². The number of ether oxygens (including phenoxy) is 2. The van der Waals surface area contributed by atoms with E-state index >= 15 is 0 Å². The van der Waals surface area contributed by atoms with Crippen LogP contribution in [0.3, 0.4) is 0 Å². The fourth-order valence-electron chi connectivity index (χ4n) is 4.21. The molecule has 0 heterocycles. The van der Waals surface area contributed by atoms with E-state index in [2.05, 4.69) is 28.5 Å². The number of hydrogen-bond acceptors (Lipinski definition) is 2. The predicted octanol–water partition coefficient (Wildman–Crippen LogP) is 9.67. The zero-order valence-electron chi connectivity index (χ0n) is 22.0. The van der Waals surface area contributed by atoms with E-state index in [4.69, 9.17) is 0 Å². The first-order chi connectivity index (χ1) is 19.1. The van der Waals surface area contributed by atoms with Gasteiger partial charge < -0.3 is 9.47 Å². The van der Waals surface area contributed by atoms with Gasteiger partial charge in [0.2, 0.25) is 11.6 Å². The summed E-state index contributed by atoms with van der Waals surface area (Å²) >= 11 is 0. The molecule has 0 radical (unpaired) electrons. The minimum absolute atomic E-state index is 0.0352. The highest BCUT2D eigenvalue weighted by Gasteiger charge is 2.35. The predicted molar refractivity (Wildman–Crippen MR) is 143 cm³/mol. The van der Waals surface area contributed by atoms with Crippen molar-refractivity contribution in [3.05, 3.63) is 107 Å². The van der Waals surface area contributed by atoms with Crippen LogP contribution in [0.1, 0.15) is 37.3 Å². The standard InChI is InChI=1S/C32H28F6O2/c1-3-4-5-6-21-8-10-22(11-9-21)23-12-14-24(15-13-23)25-16-18-27(31(36)29(25)34)40-32(37,38)19-39-26-17-7-20(2)28(33)30(26)35/h7-18H,3-6,19H2,1-2H3. The van der Waals surface area contributed by atoms with Gasteiger partial charge in [-0.05, 0) is 65.8 Å². The second-order valence-electron chi connectivity index (χ2n) is 9.51. The molecule has 0 bridgehead atoms. The highest BCUT2D eigenvalue weighted by Crippen LogP contribution is 2.34. The number of rotatable bonds is 11. The van der Waals surface area contributed by atoms with Crippen molar-refractivity contribution in [2.24, 2.45) is 0 Å². The number of alkyl halides is 2. The number of benzene rings is 4. The Morgan fingerprint density at radius 1 is 0.625 bits per heavy atom. The summed E-state index contributed by atoms with van der Waals surface area (Å²) in [5.41, 5.74) is 3.27. The summed E-state index contributed by atoms with van der Waals surface area (Å²) < 4.78 is 94.7. The van der Waals surface area contributed by atoms with Crippen molar-refractivity contribution in [3.8, 4) is 33.8 Å². The third-order valence-corrected chi connectivity index (χ3v) is 6.49. The maximum atomic E-state index is 14.9. The first-order valence-electron chi connectivity index (χ1n) is 12.9. The van der Waals surface area contributed by atoms with Gasteiger partial charge in [0, 0.05) is 5.56 Å². The SMILES string of the molecule is CCCCCc1ccc(-c2ccc(-c3ccc(OC(F)(F)COc4ccc(C)c(F)c4F)c(F)c3F)cc2)cc1. The molecule has 210 valence electrons. The van der Waals surface area contributed by atoms with Crippen molar-refractivity contribution in [2.75, 3.05) is 6.61 Å². The quantitative estimate of drug-likeness (QED) is 0.135. The molecular formula is C32H28F6O2. The average molecular weight is 559 g/mol. The van der Waals surface area contributed by atoms with Gasteiger partial charge in [0.1, 0.15) is 0 Å². The third-order valence-electron chi connectivity index (χ3n) is 6.49. The molecule has 0 saturated carbocycles. The van der Waals surface area contributed by atoms with Gasteiger partial charge in [-0.3, -0.25) is 0 Å². The summed E-state index contributed by atoms with van der Waals surface area (Å²) in [6, 6.07) is 19.0. The van der Waals surface area contributed by atoms with E-state index in [-0.39, 0.29) is 11.1 Å². The minimum atomic E-state index is -4.17. The molecular weight excluding hydrogens is 530 g/mol. The van der Waals surface area contributed by atoms with Gasteiger partial charge in [-0.25, -0.2) is 8.78 Å². The highest BCUT2D eigenvalue weighted by molar-refractivity contribution is 5.71. The van der Waals surface area contributed by atoms with Crippen molar-refractivity contribution < 1.29 is 35.8 Å². The van der Waals surface area contributed by atoms with Crippen molar-refractivity contribution in [3.63, 3.8) is 0 Å². The fourth-order valence-corrected chi connectivity index (χ4v) is 4.21. The summed E-state index contributed by atoms with van der Waals surface area (Å²) in [5, 5.41) is 0. The Bertz CT molecular complexity index is 1450. The van der Waals surface area contributed by atoms with Crippen molar-refractivity contribution in [2.45, 2.75) is 45.6 Å². The molecule has 0 aliphatic heterocycles. The van der Waals surface area contributed by atoms with Crippen LogP contribution in [0.25, 0.3) is 22.3 Å². The van der Waals surface area contributed by atoms with Crippen LogP contribution < -0.4 is 9.47 Å². The van der Waals surface area contributed by atoms with Crippen molar-refractivity contribution in [1.82, 2.24) is 0 Å². The van der Waals surface area contributed by atoms with Crippen LogP contribution in [0, 0.1) is 30.2 Å². The van der Waals surface area contributed by atoms with Crippen LogP contribution >= 0.6 is 0 Å². The van der Waals surface area contributed by atoms with Crippen LogP contribution in [0.5, 0.6) is 11.5 Å². The molecule has 40 heavy (non-hydrogen) atoms. The minimum Gasteiger partial charge on any atom is -0.480 e. The van der Waals surface area contributed by atoms with Crippen LogP contribution in [0.4, 0.5) is 26.3 Å². The van der Waals surface area contributed by atoms with Crippen LogP contribution in [0.15, 0.2) is 72.8 Å². The third kappa shape index (κ3) is 6.79. The Morgan fingerprint density at radius 2 is 1.20 bits per heavy atom. The van der Waals surface area contributed by atoms with Gasteiger partial charge in [0.25, 0.3) is 0 Å². The lowest BCUT2D eigenvalue weighted by Crippen LogP contribution is -2.33. The van der Waals surface area contributed by atoms with E-state index in [9.17, 15) is 26.3 Å². The summed E-state index contributed by atoms with van der Waals surface area (Å²) in [4.78, 5) is 0. The fraction of sp³-hybridized carbons (Fsp3) is 0.250. The number of hydrogen-bond donors (Lipinski definition) is 0. The molecule has 0 fully saturated rings. The molecule has 0 N–H and O–H groups in total. The smallest absolute Gasteiger partial charge is 0.433 e. The maximum absolute atomic E-state index is 14.9. The first-order valence-corrected chi connectivity index (χ1v) is 12.9. The van der Waals surface area contributed by atoms with E-state index < -0.39 is 47.5 Å². The van der Waals surface area contributed by atoms with Gasteiger partial charge in [-0.1, -0.05) is 74.4 Å². The van der Waals surface area contributed by atoms with Crippen molar-refractivity contribution in [1.29, 1.82) is 0 Å². The molecule has 2 nitrogen and oxygen atoms in total. The molecule has 0 aromatic heterocycles. The summed E-state index contributed by atoms with van der Waals surface area (Å²) in [7, 11) is 0. The molecule has 4 aromatic rings. The molecule has 0 amide bonds. The van der Waals surface area contributed by atoms with E-state index in [1.54, 1.807) is 24.3 Å². The number of halogens is 6. The molecule has 0 saturated heterocycles. The van der Waals surface area contributed by atoms with E-state index in [1.807, 2.05) is 12.1 Å². The Kier molecular flexibility index (Phi) is 9.07. The lowest BCUT2D eigenvalue weighted by Gasteiger charge is -2.20. The summed E-state index contributed by atoms with van der Waals surface area (Å²) in [6.07, 6.45) is 0.322. The monoisotopic (exact) mass is 558 g/mol. The van der Waals surface area contributed by atoms with Gasteiger partial charge in [-0.2, -0.15) is 17.6 Å². The Hall–Kier alpha value is -3.94. The zero-order valence-corrected chi connectivity index (χ0v) is 22.0. The molecule has 0 spiro atoms. The number of unbranched alkanes of at least 4 members (excludes halogenated alkanes) is 2. The normalized spacial score (nSPS) is 11.5. The van der Waals surface area contributed by atoms with Gasteiger partial charge in [-0.15, -0.1) is 0 Å². The van der Waals surface area contributed by atoms with Crippen molar-refractivity contribution >= 4 is 0 Å². The highest BCUT2D eigenvalue weighted by atomic mass is 19.3. The topological polar surface area (TPSA) is 18.5 Å². The molecule has 0 atom stereocenters. The molecule has 4 aromatic carbocycles. The Balaban J connectivity index is 1.44. The zero-order chi connectivity index (χ0) is 28.9. The largest absolute Gasteiger partial charge is 0.480 e. The van der Waals surface area contributed by atoms with E-state index in [0.29, 0.717) is 5.56 Å². The lowest BCUT2D eigenvalue weighted by atomic mass is 9.98. The van der Waals surface area contributed by atoms with E-state index in [0.717, 1.165) is 54.7 Å². The summed E-state index contributed by atoms with van der Waals surface area (Å²) in [5.74, 6) is -7.49. The number of aryl methyl sites for hydroxylation is 2. The first kappa shape index (κ1) is 29.1. The Morgan fingerprint density at radius 3 is 1.85 bits per heavy atom. The molecule has 0 unspecified atom stereocenters. The average Bonchev–Trinajstić information content (AvgIpc) is 2.95. The molecule has 4 rings (SSSR count). The van der Waals surface area contributed by atoms with E-state index in [1.165, 1.54) is 18.9 Å². The Labute approximate surface area is 229 Å². The molecule has 0 aliphatic carbocycles. The second-order valence-corrected chi connectivity index (χ2v) is 9.51. The second kappa shape index (κ2) is 12.5. The maximum Gasteiger partial charge on any atom is 0.433 e. The molecule has 0 aliphatic rings. The molecule has 8 heteroatoms. The lowest BCUT2D eigenvalue weighted by molar-refractivity contribution is -0.197. The van der Waals surface area contributed by atoms with Gasteiger partial charge in [0.15, 0.2) is 29.7 Å². The van der Waals surface area contributed by atoms with Gasteiger partial charge in [0.05, 0.1) is 0 Å².